The molecule has 0 spiro atoms. The zero-order valence-corrected chi connectivity index (χ0v) is 12.1. The minimum atomic E-state index is -3.81. The average molecular weight is 290 g/mol. The van der Waals surface area contributed by atoms with E-state index in [1.165, 1.54) is 14.0 Å². The standard InChI is InChI=1S/C11H18N2O5S/c1-7-9(5-8(18-7)10(14)17-4)19(15,16)13-11(2,3)6-12/h5,13H,6,12H2,1-4H3. The van der Waals surface area contributed by atoms with Crippen molar-refractivity contribution < 1.29 is 22.4 Å². The SMILES string of the molecule is COC(=O)c1cc(S(=O)(=O)NC(C)(C)CN)c(C)o1. The molecule has 1 heterocycles. The molecular weight excluding hydrogens is 272 g/mol. The number of nitrogens with two attached hydrogens (primary N) is 1. The van der Waals surface area contributed by atoms with Crippen LogP contribution in [0.5, 0.6) is 0 Å². The van der Waals surface area contributed by atoms with E-state index in [0.29, 0.717) is 0 Å². The molecule has 0 saturated heterocycles. The molecule has 1 rings (SSSR count). The Labute approximate surface area is 112 Å². The third-order valence-corrected chi connectivity index (χ3v) is 4.27. The fourth-order valence-corrected chi connectivity index (χ4v) is 3.00. The van der Waals surface area contributed by atoms with Gasteiger partial charge in [0.2, 0.25) is 15.8 Å². The summed E-state index contributed by atoms with van der Waals surface area (Å²) in [5.74, 6) is -0.783. The summed E-state index contributed by atoms with van der Waals surface area (Å²) in [5, 5.41) is 0. The molecule has 0 fully saturated rings. The smallest absolute Gasteiger partial charge is 0.373 e. The molecule has 0 aromatic carbocycles. The molecule has 0 amide bonds. The van der Waals surface area contributed by atoms with E-state index in [-0.39, 0.29) is 23.0 Å². The molecule has 0 aliphatic rings. The Morgan fingerprint density at radius 1 is 1.53 bits per heavy atom. The van der Waals surface area contributed by atoms with Crippen molar-refractivity contribution in [3.05, 3.63) is 17.6 Å². The van der Waals surface area contributed by atoms with Gasteiger partial charge in [-0.2, -0.15) is 0 Å². The number of nitrogens with one attached hydrogen (secondary N) is 1. The molecule has 108 valence electrons. The van der Waals surface area contributed by atoms with Gasteiger partial charge in [0.1, 0.15) is 10.7 Å². The Morgan fingerprint density at radius 3 is 2.58 bits per heavy atom. The van der Waals surface area contributed by atoms with Crippen LogP contribution in [-0.4, -0.2) is 33.6 Å². The van der Waals surface area contributed by atoms with Crippen LogP contribution in [-0.2, 0) is 14.8 Å². The maximum absolute atomic E-state index is 12.2. The van der Waals surface area contributed by atoms with Crippen molar-refractivity contribution in [2.45, 2.75) is 31.2 Å². The van der Waals surface area contributed by atoms with Crippen molar-refractivity contribution in [1.82, 2.24) is 4.72 Å². The van der Waals surface area contributed by atoms with Crippen LogP contribution in [0.1, 0.15) is 30.2 Å². The number of hydrogen-bond acceptors (Lipinski definition) is 6. The van der Waals surface area contributed by atoms with Gasteiger partial charge in [0.15, 0.2) is 0 Å². The molecular formula is C11H18N2O5S. The molecule has 0 saturated carbocycles. The fourth-order valence-electron chi connectivity index (χ4n) is 1.39. The number of furan rings is 1. The number of rotatable bonds is 5. The molecule has 3 N–H and O–H groups in total. The Bertz CT molecular complexity index is 574. The molecule has 19 heavy (non-hydrogen) atoms. The first-order valence-electron chi connectivity index (χ1n) is 5.56. The lowest BCUT2D eigenvalue weighted by Crippen LogP contribution is -2.48. The number of sulfonamides is 1. The lowest BCUT2D eigenvalue weighted by Gasteiger charge is -2.23. The minimum Gasteiger partial charge on any atom is -0.463 e. The predicted molar refractivity (Wildman–Crippen MR) is 68.2 cm³/mol. The number of carbonyl (C=O) groups is 1. The van der Waals surface area contributed by atoms with Gasteiger partial charge in [-0.25, -0.2) is 17.9 Å². The second-order valence-corrected chi connectivity index (χ2v) is 6.37. The second kappa shape index (κ2) is 5.32. The first kappa shape index (κ1) is 15.7. The van der Waals surface area contributed by atoms with Crippen molar-refractivity contribution in [1.29, 1.82) is 0 Å². The van der Waals surface area contributed by atoms with E-state index in [9.17, 15) is 13.2 Å². The number of esters is 1. The lowest BCUT2D eigenvalue weighted by atomic mass is 10.1. The monoisotopic (exact) mass is 290 g/mol. The zero-order chi connectivity index (χ0) is 14.8. The fraction of sp³-hybridized carbons (Fsp3) is 0.545. The number of aryl methyl sites for hydroxylation is 1. The van der Waals surface area contributed by atoms with Gasteiger partial charge >= 0.3 is 5.97 Å². The quantitative estimate of drug-likeness (QED) is 0.759. The Kier molecular flexibility index (Phi) is 4.39. The van der Waals surface area contributed by atoms with E-state index in [1.54, 1.807) is 13.8 Å². The third kappa shape index (κ3) is 3.55. The highest BCUT2D eigenvalue weighted by Gasteiger charge is 2.29. The Balaban J connectivity index is 3.16. The van der Waals surface area contributed by atoms with E-state index in [4.69, 9.17) is 10.2 Å². The number of ether oxygens (including phenoxy) is 1. The van der Waals surface area contributed by atoms with Crippen LogP contribution in [0.25, 0.3) is 0 Å². The summed E-state index contributed by atoms with van der Waals surface area (Å²) < 4.78 is 36.3. The van der Waals surface area contributed by atoms with Gasteiger partial charge in [0.25, 0.3) is 0 Å². The molecule has 0 radical (unpaired) electrons. The summed E-state index contributed by atoms with van der Waals surface area (Å²) in [6.45, 7) is 4.89. The highest BCUT2D eigenvalue weighted by molar-refractivity contribution is 7.89. The van der Waals surface area contributed by atoms with Crippen LogP contribution in [0.4, 0.5) is 0 Å². The van der Waals surface area contributed by atoms with Crippen molar-refractivity contribution in [2.75, 3.05) is 13.7 Å². The molecule has 0 atom stereocenters. The summed E-state index contributed by atoms with van der Waals surface area (Å²) in [6, 6.07) is 1.14. The normalized spacial score (nSPS) is 12.5. The molecule has 0 aliphatic carbocycles. The maximum atomic E-state index is 12.2. The molecule has 0 unspecified atom stereocenters. The first-order valence-corrected chi connectivity index (χ1v) is 7.04. The molecule has 0 bridgehead atoms. The molecule has 8 heteroatoms. The van der Waals surface area contributed by atoms with E-state index in [2.05, 4.69) is 9.46 Å². The van der Waals surface area contributed by atoms with Crippen LogP contribution >= 0.6 is 0 Å². The van der Waals surface area contributed by atoms with Gasteiger partial charge in [-0.15, -0.1) is 0 Å². The second-order valence-electron chi connectivity index (χ2n) is 4.72. The van der Waals surface area contributed by atoms with Gasteiger partial charge in [-0.05, 0) is 20.8 Å². The van der Waals surface area contributed by atoms with Gasteiger partial charge in [-0.3, -0.25) is 0 Å². The van der Waals surface area contributed by atoms with Crippen molar-refractivity contribution in [3.8, 4) is 0 Å². The van der Waals surface area contributed by atoms with Crippen molar-refractivity contribution in [2.24, 2.45) is 5.73 Å². The van der Waals surface area contributed by atoms with Crippen LogP contribution < -0.4 is 10.5 Å². The summed E-state index contributed by atoms with van der Waals surface area (Å²) in [6.07, 6.45) is 0. The van der Waals surface area contributed by atoms with Crippen LogP contribution in [0.2, 0.25) is 0 Å². The number of methoxy groups -OCH3 is 1. The van der Waals surface area contributed by atoms with E-state index < -0.39 is 21.5 Å². The van der Waals surface area contributed by atoms with Gasteiger partial charge in [0.05, 0.1) is 7.11 Å². The minimum absolute atomic E-state index is 0.102. The maximum Gasteiger partial charge on any atom is 0.373 e. The number of hydrogen-bond donors (Lipinski definition) is 2. The predicted octanol–water partition coefficient (Wildman–Crippen LogP) is 0.390. The van der Waals surface area contributed by atoms with Gasteiger partial charge in [-0.1, -0.05) is 0 Å². The average Bonchev–Trinajstić information content (AvgIpc) is 2.70. The molecule has 1 aromatic rings. The Hall–Kier alpha value is -1.38. The summed E-state index contributed by atoms with van der Waals surface area (Å²) in [7, 11) is -2.63. The van der Waals surface area contributed by atoms with E-state index in [1.807, 2.05) is 0 Å². The molecule has 1 aromatic heterocycles. The van der Waals surface area contributed by atoms with Crippen LogP contribution in [0, 0.1) is 6.92 Å². The van der Waals surface area contributed by atoms with Crippen molar-refractivity contribution >= 4 is 16.0 Å². The largest absolute Gasteiger partial charge is 0.463 e. The molecule has 0 aliphatic heterocycles. The van der Waals surface area contributed by atoms with Crippen LogP contribution in [0.3, 0.4) is 0 Å². The van der Waals surface area contributed by atoms with Crippen molar-refractivity contribution in [3.63, 3.8) is 0 Å². The van der Waals surface area contributed by atoms with E-state index in [0.717, 1.165) is 6.07 Å². The topological polar surface area (TPSA) is 112 Å². The highest BCUT2D eigenvalue weighted by Crippen LogP contribution is 2.21. The van der Waals surface area contributed by atoms with Crippen LogP contribution in [0.15, 0.2) is 15.4 Å². The highest BCUT2D eigenvalue weighted by atomic mass is 32.2. The first-order chi connectivity index (χ1) is 8.63. The summed E-state index contributed by atoms with van der Waals surface area (Å²) in [4.78, 5) is 11.2. The summed E-state index contributed by atoms with van der Waals surface area (Å²) in [5.41, 5.74) is 4.68. The van der Waals surface area contributed by atoms with E-state index >= 15 is 0 Å². The van der Waals surface area contributed by atoms with Gasteiger partial charge in [0, 0.05) is 18.2 Å². The summed E-state index contributed by atoms with van der Waals surface area (Å²) >= 11 is 0. The Morgan fingerprint density at radius 2 is 2.11 bits per heavy atom. The third-order valence-electron chi connectivity index (χ3n) is 2.47. The zero-order valence-electron chi connectivity index (χ0n) is 11.3. The molecule has 7 nitrogen and oxygen atoms in total. The number of carbonyl (C=O) groups excluding carboxylic acids is 1. The lowest BCUT2D eigenvalue weighted by molar-refractivity contribution is 0.0563. The van der Waals surface area contributed by atoms with Gasteiger partial charge < -0.3 is 14.9 Å².